The van der Waals surface area contributed by atoms with Gasteiger partial charge in [0.2, 0.25) is 5.91 Å². The van der Waals surface area contributed by atoms with E-state index in [0.717, 1.165) is 50.2 Å². The van der Waals surface area contributed by atoms with Crippen molar-refractivity contribution < 1.29 is 9.59 Å². The third-order valence-electron chi connectivity index (χ3n) is 5.10. The molecule has 0 radical (unpaired) electrons. The number of anilines is 1. The molecule has 0 saturated heterocycles. The van der Waals surface area contributed by atoms with Crippen LogP contribution < -0.4 is 11.1 Å². The summed E-state index contributed by atoms with van der Waals surface area (Å²) in [6, 6.07) is 3.45. The number of nitrogens with two attached hydrogens (primary N) is 1. The maximum Gasteiger partial charge on any atom is 0.269 e. The van der Waals surface area contributed by atoms with Gasteiger partial charge in [-0.2, -0.15) is 10.2 Å². The quantitative estimate of drug-likeness (QED) is 0.742. The zero-order valence-electron chi connectivity index (χ0n) is 14.6. The molecule has 0 atom stereocenters. The van der Waals surface area contributed by atoms with Crippen molar-refractivity contribution in [3.8, 4) is 0 Å². The van der Waals surface area contributed by atoms with E-state index in [-0.39, 0.29) is 23.6 Å². The molecule has 9 nitrogen and oxygen atoms in total. The Balaban J connectivity index is 1.39. The van der Waals surface area contributed by atoms with Crippen LogP contribution in [-0.2, 0) is 24.4 Å². The highest BCUT2D eigenvalue weighted by Crippen LogP contribution is 2.29. The van der Waals surface area contributed by atoms with Crippen molar-refractivity contribution in [1.29, 1.82) is 0 Å². The van der Waals surface area contributed by atoms with Crippen molar-refractivity contribution in [2.45, 2.75) is 45.3 Å². The van der Waals surface area contributed by atoms with Crippen LogP contribution in [0.25, 0.3) is 0 Å². The third-order valence-corrected chi connectivity index (χ3v) is 5.10. The van der Waals surface area contributed by atoms with Gasteiger partial charge in [0.05, 0.1) is 24.5 Å². The number of carbonyl (C=O) groups is 2. The average Bonchev–Trinajstić information content (AvgIpc) is 3.11. The summed E-state index contributed by atoms with van der Waals surface area (Å²) in [6.45, 7) is 2.47. The highest BCUT2D eigenvalue weighted by molar-refractivity contribution is 5.92. The van der Waals surface area contributed by atoms with E-state index in [0.29, 0.717) is 18.8 Å². The highest BCUT2D eigenvalue weighted by atomic mass is 16.2. The van der Waals surface area contributed by atoms with Gasteiger partial charge in [-0.1, -0.05) is 6.42 Å². The minimum Gasteiger partial charge on any atom is -0.382 e. The molecule has 138 valence electrons. The average molecular weight is 357 g/mol. The lowest BCUT2D eigenvalue weighted by atomic mass is 9.84. The van der Waals surface area contributed by atoms with Crippen molar-refractivity contribution in [2.24, 2.45) is 5.92 Å². The number of fused-ring (bicyclic) bond motifs is 1. The Labute approximate surface area is 150 Å². The molecule has 4 N–H and O–H groups in total. The van der Waals surface area contributed by atoms with E-state index in [1.807, 2.05) is 15.6 Å². The Kier molecular flexibility index (Phi) is 4.36. The van der Waals surface area contributed by atoms with Gasteiger partial charge in [-0.05, 0) is 25.3 Å². The molecule has 0 bridgehead atoms. The molecule has 0 unspecified atom stereocenters. The van der Waals surface area contributed by atoms with Crippen LogP contribution in [0, 0.1) is 5.92 Å². The molecule has 2 amide bonds. The zero-order chi connectivity index (χ0) is 18.1. The van der Waals surface area contributed by atoms with E-state index in [9.17, 15) is 9.59 Å². The number of amides is 2. The van der Waals surface area contributed by atoms with Crippen molar-refractivity contribution in [3.63, 3.8) is 0 Å². The first kappa shape index (κ1) is 16.6. The summed E-state index contributed by atoms with van der Waals surface area (Å²) in [6.07, 6.45) is 4.09. The second-order valence-electron chi connectivity index (χ2n) is 6.98. The van der Waals surface area contributed by atoms with Gasteiger partial charge in [-0.25, -0.2) is 0 Å². The summed E-state index contributed by atoms with van der Waals surface area (Å²) < 4.78 is 1.95. The van der Waals surface area contributed by atoms with E-state index < -0.39 is 0 Å². The fourth-order valence-corrected chi connectivity index (χ4v) is 3.43. The fraction of sp³-hybridized carbons (Fsp3) is 0.529. The Morgan fingerprint density at radius 1 is 1.27 bits per heavy atom. The fourth-order valence-electron chi connectivity index (χ4n) is 3.43. The molecule has 2 aromatic heterocycles. The molecule has 9 heteroatoms. The maximum atomic E-state index is 12.5. The van der Waals surface area contributed by atoms with Crippen LogP contribution in [0.4, 0.5) is 5.82 Å². The van der Waals surface area contributed by atoms with Crippen molar-refractivity contribution in [3.05, 3.63) is 29.2 Å². The monoisotopic (exact) mass is 357 g/mol. The van der Waals surface area contributed by atoms with Crippen molar-refractivity contribution >= 4 is 17.6 Å². The molecular formula is C17H23N7O2. The molecule has 1 aliphatic carbocycles. The van der Waals surface area contributed by atoms with Crippen molar-refractivity contribution in [1.82, 2.24) is 30.2 Å². The van der Waals surface area contributed by atoms with Crippen LogP contribution in [0.1, 0.15) is 47.6 Å². The second kappa shape index (κ2) is 6.81. The molecular weight excluding hydrogens is 334 g/mol. The first-order valence-corrected chi connectivity index (χ1v) is 9.03. The molecule has 0 spiro atoms. The van der Waals surface area contributed by atoms with E-state index in [4.69, 9.17) is 5.73 Å². The van der Waals surface area contributed by atoms with Gasteiger partial charge in [0, 0.05) is 25.1 Å². The minimum absolute atomic E-state index is 0.213. The molecule has 2 aromatic rings. The largest absolute Gasteiger partial charge is 0.382 e. The number of nitrogens with one attached hydrogen (secondary N) is 2. The number of aromatic amines is 1. The molecule has 0 aromatic carbocycles. The topological polar surface area (TPSA) is 122 Å². The number of carbonyl (C=O) groups excluding carboxylic acids is 2. The number of hydrogen-bond donors (Lipinski definition) is 3. The molecule has 3 heterocycles. The van der Waals surface area contributed by atoms with E-state index in [1.54, 1.807) is 0 Å². The highest BCUT2D eigenvalue weighted by Gasteiger charge is 2.30. The Hall–Kier alpha value is -2.84. The first-order chi connectivity index (χ1) is 12.6. The lowest BCUT2D eigenvalue weighted by Crippen LogP contribution is -2.38. The standard InChI is InChI=1S/C17H23N7O2/c18-15-8-14(20-21-15)16(25)19-9-12-7-13-10-23(5-2-6-24(13)22-12)17(26)11-3-1-4-11/h7-8,11H,1-6,9-10H2,(H,19,25)(H3,18,20,21). The normalized spacial score (nSPS) is 17.3. The van der Waals surface area contributed by atoms with Crippen LogP contribution in [0.2, 0.25) is 0 Å². The van der Waals surface area contributed by atoms with Gasteiger partial charge in [0.25, 0.3) is 5.91 Å². The number of hydrogen-bond acceptors (Lipinski definition) is 5. The first-order valence-electron chi connectivity index (χ1n) is 9.03. The van der Waals surface area contributed by atoms with Crippen LogP contribution in [-0.4, -0.2) is 43.2 Å². The van der Waals surface area contributed by atoms with Crippen LogP contribution in [0.5, 0.6) is 0 Å². The van der Waals surface area contributed by atoms with Crippen LogP contribution >= 0.6 is 0 Å². The zero-order valence-corrected chi connectivity index (χ0v) is 14.6. The van der Waals surface area contributed by atoms with Gasteiger partial charge in [-0.15, -0.1) is 0 Å². The van der Waals surface area contributed by atoms with Crippen molar-refractivity contribution in [2.75, 3.05) is 12.3 Å². The smallest absolute Gasteiger partial charge is 0.269 e. The Morgan fingerprint density at radius 3 is 2.81 bits per heavy atom. The number of aryl methyl sites for hydroxylation is 1. The van der Waals surface area contributed by atoms with Gasteiger partial charge in [0.1, 0.15) is 11.5 Å². The third kappa shape index (κ3) is 3.29. The molecule has 1 aliphatic heterocycles. The maximum absolute atomic E-state index is 12.5. The lowest BCUT2D eigenvalue weighted by molar-refractivity contribution is -0.138. The van der Waals surface area contributed by atoms with Gasteiger partial charge < -0.3 is 16.0 Å². The molecule has 1 saturated carbocycles. The van der Waals surface area contributed by atoms with Crippen LogP contribution in [0.3, 0.4) is 0 Å². The predicted molar refractivity (Wildman–Crippen MR) is 93.8 cm³/mol. The van der Waals surface area contributed by atoms with E-state index >= 15 is 0 Å². The SMILES string of the molecule is Nc1cc(C(=O)NCc2cc3n(n2)CCCN(C(=O)C2CCC2)C3)[nH]n1. The summed E-state index contributed by atoms with van der Waals surface area (Å²) in [4.78, 5) is 26.6. The summed E-state index contributed by atoms with van der Waals surface area (Å²) in [7, 11) is 0. The van der Waals surface area contributed by atoms with Gasteiger partial charge >= 0.3 is 0 Å². The number of H-pyrrole nitrogens is 1. The second-order valence-corrected chi connectivity index (χ2v) is 6.98. The summed E-state index contributed by atoms with van der Waals surface area (Å²) >= 11 is 0. The number of nitrogens with zero attached hydrogens (tertiary/aromatic N) is 4. The number of nitrogen functional groups attached to an aromatic ring is 1. The lowest BCUT2D eigenvalue weighted by Gasteiger charge is -2.30. The molecule has 1 fully saturated rings. The molecule has 4 rings (SSSR count). The molecule has 2 aliphatic rings. The Bertz CT molecular complexity index is 821. The number of aromatic nitrogens is 4. The minimum atomic E-state index is -0.279. The number of rotatable bonds is 4. The summed E-state index contributed by atoms with van der Waals surface area (Å²) in [5.74, 6) is 0.488. The summed E-state index contributed by atoms with van der Waals surface area (Å²) in [5.41, 5.74) is 7.62. The predicted octanol–water partition coefficient (Wildman–Crippen LogP) is 0.651. The Morgan fingerprint density at radius 2 is 2.12 bits per heavy atom. The van der Waals surface area contributed by atoms with E-state index in [2.05, 4.69) is 20.6 Å². The van der Waals surface area contributed by atoms with E-state index in [1.165, 1.54) is 6.07 Å². The van der Waals surface area contributed by atoms with Gasteiger partial charge in [-0.3, -0.25) is 19.4 Å². The molecule has 26 heavy (non-hydrogen) atoms. The van der Waals surface area contributed by atoms with Crippen LogP contribution in [0.15, 0.2) is 12.1 Å². The van der Waals surface area contributed by atoms with Gasteiger partial charge in [0.15, 0.2) is 0 Å². The summed E-state index contributed by atoms with van der Waals surface area (Å²) in [5, 5.41) is 13.7.